The van der Waals surface area contributed by atoms with Crippen LogP contribution >= 0.6 is 11.3 Å². The number of rotatable bonds is 4. The third kappa shape index (κ3) is 2.75. The molecule has 2 aromatic heterocycles. The molecule has 0 aliphatic rings. The number of pyridine rings is 1. The molecule has 4 N–H and O–H groups in total. The number of thiazole rings is 1. The molecule has 2 heterocycles. The molecule has 7 heteroatoms. The minimum atomic E-state index is -1.08. The van der Waals surface area contributed by atoms with Gasteiger partial charge in [0.15, 0.2) is 11.5 Å². The van der Waals surface area contributed by atoms with Crippen LogP contribution in [0.2, 0.25) is 0 Å². The van der Waals surface area contributed by atoms with Gasteiger partial charge in [0.1, 0.15) is 0 Å². The lowest BCUT2D eigenvalue weighted by molar-refractivity contribution is 0.0690. The van der Waals surface area contributed by atoms with Crippen molar-refractivity contribution in [3.05, 3.63) is 33.9 Å². The van der Waals surface area contributed by atoms with Crippen molar-refractivity contribution in [3.63, 3.8) is 0 Å². The Bertz CT molecular complexity index is 582. The zero-order valence-corrected chi connectivity index (χ0v) is 10.5. The summed E-state index contributed by atoms with van der Waals surface area (Å²) in [6, 6.07) is 2.89. The molecular weight excluding hydrogens is 252 g/mol. The Morgan fingerprint density at radius 2 is 2.28 bits per heavy atom. The third-order valence-electron chi connectivity index (χ3n) is 2.25. The zero-order chi connectivity index (χ0) is 13.1. The molecule has 0 bridgehead atoms. The summed E-state index contributed by atoms with van der Waals surface area (Å²) < 4.78 is 0. The molecule has 0 aromatic carbocycles. The van der Waals surface area contributed by atoms with Crippen LogP contribution in [0.25, 0.3) is 0 Å². The Morgan fingerprint density at radius 1 is 1.50 bits per heavy atom. The molecule has 18 heavy (non-hydrogen) atoms. The molecule has 0 atom stereocenters. The maximum atomic E-state index is 10.8. The Balaban J connectivity index is 2.13. The number of aromatic nitrogens is 2. The van der Waals surface area contributed by atoms with Crippen molar-refractivity contribution >= 4 is 28.8 Å². The molecule has 0 aliphatic heterocycles. The molecular formula is C11H12N4O2S. The number of aryl methyl sites for hydroxylation is 1. The Morgan fingerprint density at radius 3 is 2.89 bits per heavy atom. The minimum Gasteiger partial charge on any atom is -0.477 e. The lowest BCUT2D eigenvalue weighted by Gasteiger charge is -2.07. The molecule has 0 amide bonds. The maximum Gasteiger partial charge on any atom is 0.354 e. The van der Waals surface area contributed by atoms with Crippen LogP contribution in [-0.4, -0.2) is 21.0 Å². The predicted octanol–water partition coefficient (Wildman–Crippen LogP) is 1.74. The van der Waals surface area contributed by atoms with E-state index in [0.29, 0.717) is 18.1 Å². The van der Waals surface area contributed by atoms with Crippen molar-refractivity contribution in [3.8, 4) is 0 Å². The Labute approximate surface area is 108 Å². The van der Waals surface area contributed by atoms with E-state index in [1.807, 2.05) is 12.3 Å². The van der Waals surface area contributed by atoms with Crippen molar-refractivity contribution < 1.29 is 9.90 Å². The highest BCUT2D eigenvalue weighted by molar-refractivity contribution is 7.09. The molecule has 6 nitrogen and oxygen atoms in total. The first-order chi connectivity index (χ1) is 8.56. The fraction of sp³-hybridized carbons (Fsp3) is 0.182. The van der Waals surface area contributed by atoms with Gasteiger partial charge >= 0.3 is 5.97 Å². The summed E-state index contributed by atoms with van der Waals surface area (Å²) in [7, 11) is 0. The van der Waals surface area contributed by atoms with E-state index in [-0.39, 0.29) is 5.69 Å². The first-order valence-corrected chi connectivity index (χ1v) is 6.09. The normalized spacial score (nSPS) is 10.3. The number of hydrogen-bond acceptors (Lipinski definition) is 6. The molecule has 2 rings (SSSR count). The molecule has 0 aliphatic carbocycles. The van der Waals surface area contributed by atoms with Crippen molar-refractivity contribution in [1.29, 1.82) is 0 Å². The molecule has 0 saturated heterocycles. The van der Waals surface area contributed by atoms with E-state index in [0.717, 1.165) is 10.7 Å². The van der Waals surface area contributed by atoms with Crippen LogP contribution < -0.4 is 11.1 Å². The topological polar surface area (TPSA) is 101 Å². The van der Waals surface area contributed by atoms with Gasteiger partial charge in [-0.05, 0) is 19.1 Å². The SMILES string of the molecule is Cc1nc(CNc2nc(C(=O)O)ccc2N)cs1. The zero-order valence-electron chi connectivity index (χ0n) is 9.67. The molecule has 0 spiro atoms. The summed E-state index contributed by atoms with van der Waals surface area (Å²) in [5, 5.41) is 14.7. The molecule has 94 valence electrons. The lowest BCUT2D eigenvalue weighted by Crippen LogP contribution is -2.08. The average molecular weight is 264 g/mol. The smallest absolute Gasteiger partial charge is 0.354 e. The molecule has 2 aromatic rings. The Kier molecular flexibility index (Phi) is 3.42. The van der Waals surface area contributed by atoms with Gasteiger partial charge in [-0.15, -0.1) is 11.3 Å². The van der Waals surface area contributed by atoms with Crippen LogP contribution in [0.5, 0.6) is 0 Å². The van der Waals surface area contributed by atoms with Gasteiger partial charge in [0, 0.05) is 5.38 Å². The standard InChI is InChI=1S/C11H12N4O2S/c1-6-14-7(5-18-6)4-13-10-8(12)2-3-9(15-10)11(16)17/h2-3,5H,4,12H2,1H3,(H,13,15)(H,16,17). The summed E-state index contributed by atoms with van der Waals surface area (Å²) in [5.74, 6) is -0.719. The maximum absolute atomic E-state index is 10.8. The highest BCUT2D eigenvalue weighted by Gasteiger charge is 2.08. The number of carboxylic acid groups (broad SMARTS) is 1. The van der Waals surface area contributed by atoms with E-state index in [9.17, 15) is 4.79 Å². The number of nitrogens with zero attached hydrogens (tertiary/aromatic N) is 2. The van der Waals surface area contributed by atoms with E-state index < -0.39 is 5.97 Å². The van der Waals surface area contributed by atoms with Gasteiger partial charge in [0.2, 0.25) is 0 Å². The third-order valence-corrected chi connectivity index (χ3v) is 3.07. The summed E-state index contributed by atoms with van der Waals surface area (Å²) in [4.78, 5) is 19.0. The molecule has 0 unspecified atom stereocenters. The van der Waals surface area contributed by atoms with Crippen molar-refractivity contribution in [1.82, 2.24) is 9.97 Å². The van der Waals surface area contributed by atoms with Gasteiger partial charge in [0.05, 0.1) is 22.9 Å². The van der Waals surface area contributed by atoms with Crippen molar-refractivity contribution in [2.24, 2.45) is 0 Å². The monoisotopic (exact) mass is 264 g/mol. The second kappa shape index (κ2) is 5.01. The number of nitrogens with one attached hydrogen (secondary N) is 1. The number of hydrogen-bond donors (Lipinski definition) is 3. The number of carboxylic acids is 1. The quantitative estimate of drug-likeness (QED) is 0.777. The predicted molar refractivity (Wildman–Crippen MR) is 69.8 cm³/mol. The van der Waals surface area contributed by atoms with Gasteiger partial charge in [-0.1, -0.05) is 0 Å². The van der Waals surface area contributed by atoms with Crippen LogP contribution in [-0.2, 0) is 6.54 Å². The highest BCUT2D eigenvalue weighted by Crippen LogP contribution is 2.17. The van der Waals surface area contributed by atoms with Crippen LogP contribution in [0, 0.1) is 6.92 Å². The van der Waals surface area contributed by atoms with Gasteiger partial charge in [-0.3, -0.25) is 0 Å². The molecule has 0 radical (unpaired) electrons. The number of aromatic carboxylic acids is 1. The van der Waals surface area contributed by atoms with Crippen LogP contribution in [0.4, 0.5) is 11.5 Å². The summed E-state index contributed by atoms with van der Waals surface area (Å²) in [5.41, 5.74) is 6.97. The average Bonchev–Trinajstić information content (AvgIpc) is 2.74. The highest BCUT2D eigenvalue weighted by atomic mass is 32.1. The fourth-order valence-corrected chi connectivity index (χ4v) is 2.01. The summed E-state index contributed by atoms with van der Waals surface area (Å²) in [6.07, 6.45) is 0. The van der Waals surface area contributed by atoms with E-state index in [4.69, 9.17) is 10.8 Å². The second-order valence-electron chi connectivity index (χ2n) is 3.65. The van der Waals surface area contributed by atoms with E-state index in [2.05, 4.69) is 15.3 Å². The molecule has 0 fully saturated rings. The first kappa shape index (κ1) is 12.3. The lowest BCUT2D eigenvalue weighted by atomic mass is 10.3. The van der Waals surface area contributed by atoms with Crippen molar-refractivity contribution in [2.75, 3.05) is 11.1 Å². The number of anilines is 2. The molecule has 0 saturated carbocycles. The van der Waals surface area contributed by atoms with E-state index in [1.54, 1.807) is 11.3 Å². The van der Waals surface area contributed by atoms with Crippen LogP contribution in [0.3, 0.4) is 0 Å². The van der Waals surface area contributed by atoms with Crippen LogP contribution in [0.1, 0.15) is 21.2 Å². The fourth-order valence-electron chi connectivity index (χ4n) is 1.39. The van der Waals surface area contributed by atoms with Gasteiger partial charge in [-0.25, -0.2) is 14.8 Å². The van der Waals surface area contributed by atoms with Gasteiger partial charge in [0.25, 0.3) is 0 Å². The second-order valence-corrected chi connectivity index (χ2v) is 4.71. The van der Waals surface area contributed by atoms with Gasteiger partial charge in [-0.2, -0.15) is 0 Å². The van der Waals surface area contributed by atoms with Gasteiger partial charge < -0.3 is 16.2 Å². The number of nitrogen functional groups attached to an aromatic ring is 1. The number of nitrogens with two attached hydrogens (primary N) is 1. The summed E-state index contributed by atoms with van der Waals surface area (Å²) >= 11 is 1.55. The minimum absolute atomic E-state index is 0.0406. The first-order valence-electron chi connectivity index (χ1n) is 5.21. The van der Waals surface area contributed by atoms with E-state index >= 15 is 0 Å². The Hall–Kier alpha value is -2.15. The number of carbonyl (C=O) groups is 1. The van der Waals surface area contributed by atoms with Crippen molar-refractivity contribution in [2.45, 2.75) is 13.5 Å². The largest absolute Gasteiger partial charge is 0.477 e. The summed E-state index contributed by atoms with van der Waals surface area (Å²) in [6.45, 7) is 2.39. The van der Waals surface area contributed by atoms with E-state index in [1.165, 1.54) is 12.1 Å². The van der Waals surface area contributed by atoms with Crippen LogP contribution in [0.15, 0.2) is 17.5 Å².